The molecule has 90 valence electrons. The maximum atomic E-state index is 11.6. The fraction of sp³-hybridized carbons (Fsp3) is 0.308. The van der Waals surface area contributed by atoms with E-state index in [2.05, 4.69) is 6.58 Å². The summed E-state index contributed by atoms with van der Waals surface area (Å²) in [7, 11) is 1.56. The van der Waals surface area contributed by atoms with Crippen molar-refractivity contribution in [1.82, 2.24) is 0 Å². The van der Waals surface area contributed by atoms with Gasteiger partial charge in [-0.2, -0.15) is 0 Å². The zero-order chi connectivity index (χ0) is 12.8. The van der Waals surface area contributed by atoms with Gasteiger partial charge in [0.05, 0.1) is 18.5 Å². The Bertz CT molecular complexity index is 505. The highest BCUT2D eigenvalue weighted by Crippen LogP contribution is 2.46. The van der Waals surface area contributed by atoms with Gasteiger partial charge in [0.15, 0.2) is 0 Å². The first kappa shape index (κ1) is 11.7. The molecule has 4 nitrogen and oxygen atoms in total. The van der Waals surface area contributed by atoms with E-state index in [0.717, 1.165) is 0 Å². The Labute approximate surface area is 100 Å². The van der Waals surface area contributed by atoms with E-state index in [1.54, 1.807) is 32.2 Å². The van der Waals surface area contributed by atoms with Crippen molar-refractivity contribution in [3.8, 4) is 5.75 Å². The van der Waals surface area contributed by atoms with Crippen LogP contribution < -0.4 is 9.64 Å². The normalized spacial score (nSPS) is 22.6. The van der Waals surface area contributed by atoms with Crippen molar-refractivity contribution in [1.29, 1.82) is 0 Å². The summed E-state index contributed by atoms with van der Waals surface area (Å²) in [5.74, 6) is 0.474. The minimum absolute atomic E-state index is 0.167. The number of anilines is 1. The first-order valence-electron chi connectivity index (χ1n) is 5.30. The molecule has 0 fully saturated rings. The number of carbonyl (C=O) groups is 1. The molecule has 1 N–H and O–H groups in total. The molecule has 1 amide bonds. The summed E-state index contributed by atoms with van der Waals surface area (Å²) in [6.45, 7) is 6.86. The molecule has 1 heterocycles. The van der Waals surface area contributed by atoms with Crippen molar-refractivity contribution in [2.24, 2.45) is 0 Å². The summed E-state index contributed by atoms with van der Waals surface area (Å²) in [6, 6.07) is 5.23. The summed E-state index contributed by atoms with van der Waals surface area (Å²) in [4.78, 5) is 13.0. The molecule has 2 rings (SSSR count). The van der Waals surface area contributed by atoms with Crippen LogP contribution in [-0.4, -0.2) is 18.1 Å². The fourth-order valence-corrected chi connectivity index (χ4v) is 2.11. The second kappa shape index (κ2) is 3.60. The Morgan fingerprint density at radius 2 is 2.18 bits per heavy atom. The van der Waals surface area contributed by atoms with Crippen LogP contribution in [0.4, 0.5) is 5.69 Å². The molecule has 1 unspecified atom stereocenters. The van der Waals surface area contributed by atoms with E-state index < -0.39 is 5.60 Å². The zero-order valence-electron chi connectivity index (χ0n) is 10.2. The molecule has 1 aromatic carbocycles. The number of hydrogen-bond donors (Lipinski definition) is 1. The summed E-state index contributed by atoms with van der Waals surface area (Å²) in [5, 5.41) is 10.4. The van der Waals surface area contributed by atoms with Crippen LogP contribution >= 0.6 is 0 Å². The topological polar surface area (TPSA) is 49.8 Å². The summed E-state index contributed by atoms with van der Waals surface area (Å²) < 4.78 is 5.12. The molecule has 1 aromatic rings. The summed E-state index contributed by atoms with van der Waals surface area (Å²) >= 11 is 0. The highest BCUT2D eigenvalue weighted by molar-refractivity contribution is 5.98. The molecular weight excluding hydrogens is 218 g/mol. The number of carbonyl (C=O) groups excluding carboxylic acids is 1. The molecule has 1 atom stereocenters. The highest BCUT2D eigenvalue weighted by Gasteiger charge is 2.43. The number of amides is 1. The van der Waals surface area contributed by atoms with Crippen LogP contribution in [0.15, 0.2) is 30.5 Å². The first-order valence-corrected chi connectivity index (χ1v) is 5.30. The largest absolute Gasteiger partial charge is 0.497 e. The lowest BCUT2D eigenvalue weighted by Gasteiger charge is -2.21. The zero-order valence-corrected chi connectivity index (χ0v) is 10.2. The second-order valence-electron chi connectivity index (χ2n) is 4.26. The van der Waals surface area contributed by atoms with E-state index in [-0.39, 0.29) is 5.91 Å². The van der Waals surface area contributed by atoms with Gasteiger partial charge in [-0.05, 0) is 25.1 Å². The third-order valence-electron chi connectivity index (χ3n) is 3.12. The van der Waals surface area contributed by atoms with Gasteiger partial charge in [0.2, 0.25) is 5.91 Å². The number of nitrogens with zero attached hydrogens (tertiary/aromatic N) is 1. The molecule has 17 heavy (non-hydrogen) atoms. The van der Waals surface area contributed by atoms with Gasteiger partial charge >= 0.3 is 0 Å². The lowest BCUT2D eigenvalue weighted by atomic mass is 9.96. The number of hydrogen-bond acceptors (Lipinski definition) is 3. The fourth-order valence-electron chi connectivity index (χ4n) is 2.11. The smallest absolute Gasteiger partial charge is 0.228 e. The minimum atomic E-state index is -1.24. The average Bonchev–Trinajstić information content (AvgIpc) is 2.47. The van der Waals surface area contributed by atoms with Crippen molar-refractivity contribution in [2.45, 2.75) is 19.4 Å². The number of benzene rings is 1. The number of rotatable bonds is 1. The molecule has 0 aliphatic carbocycles. The predicted molar refractivity (Wildman–Crippen MR) is 64.9 cm³/mol. The van der Waals surface area contributed by atoms with Crippen LogP contribution in [0.2, 0.25) is 0 Å². The lowest BCUT2D eigenvalue weighted by Crippen LogP contribution is -2.30. The molecule has 0 saturated heterocycles. The van der Waals surface area contributed by atoms with Crippen LogP contribution in [0.25, 0.3) is 0 Å². The van der Waals surface area contributed by atoms with Gasteiger partial charge in [-0.3, -0.25) is 9.69 Å². The van der Waals surface area contributed by atoms with E-state index in [0.29, 0.717) is 22.7 Å². The third kappa shape index (κ3) is 1.52. The van der Waals surface area contributed by atoms with Crippen LogP contribution in [0.1, 0.15) is 19.4 Å². The van der Waals surface area contributed by atoms with Gasteiger partial charge < -0.3 is 9.84 Å². The molecular formula is C13H15NO3. The predicted octanol–water partition coefficient (Wildman–Crippen LogP) is 1.78. The molecule has 4 heteroatoms. The van der Waals surface area contributed by atoms with Crippen molar-refractivity contribution in [3.63, 3.8) is 0 Å². The van der Waals surface area contributed by atoms with Crippen LogP contribution in [0.3, 0.4) is 0 Å². The van der Waals surface area contributed by atoms with E-state index in [4.69, 9.17) is 4.74 Å². The van der Waals surface area contributed by atoms with Crippen molar-refractivity contribution in [3.05, 3.63) is 36.0 Å². The average molecular weight is 233 g/mol. The highest BCUT2D eigenvalue weighted by atomic mass is 16.5. The monoisotopic (exact) mass is 233 g/mol. The third-order valence-corrected chi connectivity index (χ3v) is 3.12. The van der Waals surface area contributed by atoms with Gasteiger partial charge in [0.1, 0.15) is 11.4 Å². The Hall–Kier alpha value is -1.81. The lowest BCUT2D eigenvalue weighted by molar-refractivity contribution is -0.116. The first-order chi connectivity index (χ1) is 7.89. The van der Waals surface area contributed by atoms with Gasteiger partial charge in [-0.15, -0.1) is 0 Å². The molecule has 0 aromatic heterocycles. The van der Waals surface area contributed by atoms with Crippen LogP contribution in [0.5, 0.6) is 5.75 Å². The second-order valence-corrected chi connectivity index (χ2v) is 4.26. The van der Waals surface area contributed by atoms with Crippen molar-refractivity contribution < 1.29 is 14.6 Å². The van der Waals surface area contributed by atoms with Crippen LogP contribution in [0, 0.1) is 0 Å². The van der Waals surface area contributed by atoms with Crippen LogP contribution in [-0.2, 0) is 10.4 Å². The van der Waals surface area contributed by atoms with Crippen molar-refractivity contribution >= 4 is 11.6 Å². The van der Waals surface area contributed by atoms with Gasteiger partial charge in [-0.1, -0.05) is 6.58 Å². The Balaban J connectivity index is 2.65. The Morgan fingerprint density at radius 3 is 2.71 bits per heavy atom. The standard InChI is InChI=1S/C13H15NO3/c1-8-13(3,16)11-7-10(17-4)5-6-12(11)14(8)9(2)15/h5-7,16H,1H2,2-4H3. The van der Waals surface area contributed by atoms with Gasteiger partial charge in [-0.25, -0.2) is 0 Å². The number of fused-ring (bicyclic) bond motifs is 1. The molecule has 0 spiro atoms. The summed E-state index contributed by atoms with van der Waals surface area (Å²) in [5.41, 5.74) is 0.425. The Kier molecular flexibility index (Phi) is 2.47. The van der Waals surface area contributed by atoms with E-state index in [1.165, 1.54) is 11.8 Å². The quantitative estimate of drug-likeness (QED) is 0.804. The minimum Gasteiger partial charge on any atom is -0.497 e. The number of methoxy groups -OCH3 is 1. The SMILES string of the molecule is C=C1N(C(C)=O)c2ccc(OC)cc2C1(C)O. The maximum absolute atomic E-state index is 11.6. The van der Waals surface area contributed by atoms with Gasteiger partial charge in [0, 0.05) is 12.5 Å². The molecule has 0 saturated carbocycles. The molecule has 1 aliphatic rings. The van der Waals surface area contributed by atoms with E-state index in [9.17, 15) is 9.90 Å². The van der Waals surface area contributed by atoms with E-state index >= 15 is 0 Å². The number of ether oxygens (including phenoxy) is 1. The molecule has 0 radical (unpaired) electrons. The summed E-state index contributed by atoms with van der Waals surface area (Å²) in [6.07, 6.45) is 0. The maximum Gasteiger partial charge on any atom is 0.228 e. The Morgan fingerprint density at radius 1 is 1.53 bits per heavy atom. The molecule has 0 bridgehead atoms. The van der Waals surface area contributed by atoms with Gasteiger partial charge in [0.25, 0.3) is 0 Å². The molecule has 1 aliphatic heterocycles. The van der Waals surface area contributed by atoms with Crippen molar-refractivity contribution in [2.75, 3.05) is 12.0 Å². The van der Waals surface area contributed by atoms with E-state index in [1.807, 2.05) is 0 Å². The number of aliphatic hydroxyl groups is 1.